The number of amides is 2. The lowest BCUT2D eigenvalue weighted by atomic mass is 9.88. The number of likely N-dealkylation sites (tertiary alicyclic amines) is 1. The Balaban J connectivity index is 1.63. The Kier molecular flexibility index (Phi) is 5.19. The topological polar surface area (TPSA) is 58.6 Å². The lowest BCUT2D eigenvalue weighted by Gasteiger charge is -2.35. The van der Waals surface area contributed by atoms with Crippen LogP contribution >= 0.6 is 0 Å². The van der Waals surface area contributed by atoms with Crippen molar-refractivity contribution in [1.29, 1.82) is 0 Å². The predicted octanol–water partition coefficient (Wildman–Crippen LogP) is 2.78. The van der Waals surface area contributed by atoms with E-state index in [0.717, 1.165) is 30.7 Å². The summed E-state index contributed by atoms with van der Waals surface area (Å²) in [7, 11) is 0. The molecular weight excluding hydrogens is 304 g/mol. The maximum absolute atomic E-state index is 12.9. The van der Waals surface area contributed by atoms with Crippen LogP contribution in [0.25, 0.3) is 0 Å². The van der Waals surface area contributed by atoms with Gasteiger partial charge in [-0.25, -0.2) is 0 Å². The van der Waals surface area contributed by atoms with Gasteiger partial charge in [0.1, 0.15) is 0 Å². The molecule has 0 aliphatic carbocycles. The molecule has 2 aliphatic rings. The third kappa shape index (κ3) is 3.78. The lowest BCUT2D eigenvalue weighted by molar-refractivity contribution is -0.137. The number of carbonyl (C=O) groups excluding carboxylic acids is 2. The number of hydrogen-bond donors (Lipinski definition) is 1. The smallest absolute Gasteiger partial charge is 0.230 e. The first-order valence-corrected chi connectivity index (χ1v) is 8.83. The van der Waals surface area contributed by atoms with Crippen molar-refractivity contribution in [3.8, 4) is 0 Å². The van der Waals surface area contributed by atoms with Crippen LogP contribution in [0.15, 0.2) is 24.3 Å². The van der Waals surface area contributed by atoms with E-state index in [4.69, 9.17) is 4.74 Å². The maximum Gasteiger partial charge on any atom is 0.230 e. The number of carbonyl (C=O) groups is 2. The van der Waals surface area contributed by atoms with E-state index in [-0.39, 0.29) is 30.3 Å². The molecule has 1 saturated heterocycles. The average Bonchev–Trinajstić information content (AvgIpc) is 2.59. The highest BCUT2D eigenvalue weighted by molar-refractivity contribution is 6.01. The van der Waals surface area contributed by atoms with Crippen LogP contribution in [-0.2, 0) is 14.3 Å². The Hall–Kier alpha value is -1.88. The van der Waals surface area contributed by atoms with Gasteiger partial charge in [-0.3, -0.25) is 9.59 Å². The Morgan fingerprint density at radius 1 is 1.29 bits per heavy atom. The maximum atomic E-state index is 12.9. The summed E-state index contributed by atoms with van der Waals surface area (Å²) in [4.78, 5) is 26.8. The number of piperidine rings is 1. The summed E-state index contributed by atoms with van der Waals surface area (Å²) in [6.07, 6.45) is 2.23. The number of nitrogens with one attached hydrogen (secondary N) is 1. The highest BCUT2D eigenvalue weighted by Crippen LogP contribution is 2.34. The first-order chi connectivity index (χ1) is 11.5. The highest BCUT2D eigenvalue weighted by Gasteiger charge is 2.34. The number of hydrogen-bond acceptors (Lipinski definition) is 3. The van der Waals surface area contributed by atoms with Gasteiger partial charge >= 0.3 is 0 Å². The molecule has 0 radical (unpaired) electrons. The number of rotatable bonds is 4. The molecule has 3 rings (SSSR count). The summed E-state index contributed by atoms with van der Waals surface area (Å²) in [5.74, 6) is 0.159. The van der Waals surface area contributed by atoms with Gasteiger partial charge in [0, 0.05) is 31.8 Å². The third-order valence-corrected chi connectivity index (χ3v) is 4.72. The average molecular weight is 330 g/mol. The van der Waals surface area contributed by atoms with E-state index in [1.54, 1.807) is 0 Å². The Bertz CT molecular complexity index is 606. The lowest BCUT2D eigenvalue weighted by Crippen LogP contribution is -2.44. The van der Waals surface area contributed by atoms with E-state index in [1.807, 2.05) is 29.2 Å². The fraction of sp³-hybridized carbons (Fsp3) is 0.579. The van der Waals surface area contributed by atoms with Gasteiger partial charge in [0.25, 0.3) is 0 Å². The molecule has 2 aliphatic heterocycles. The van der Waals surface area contributed by atoms with E-state index in [0.29, 0.717) is 19.0 Å². The van der Waals surface area contributed by atoms with Crippen LogP contribution in [0.5, 0.6) is 0 Å². The number of nitrogens with zero attached hydrogens (tertiary/aromatic N) is 1. The normalized spacial score (nSPS) is 21.5. The molecule has 0 aromatic heterocycles. The molecule has 24 heavy (non-hydrogen) atoms. The summed E-state index contributed by atoms with van der Waals surface area (Å²) >= 11 is 0. The number of para-hydroxylation sites is 1. The fourth-order valence-electron chi connectivity index (χ4n) is 3.42. The molecular formula is C19H26N2O3. The van der Waals surface area contributed by atoms with E-state index in [2.05, 4.69) is 19.2 Å². The molecule has 0 bridgehead atoms. The molecule has 1 aromatic rings. The van der Waals surface area contributed by atoms with Crippen molar-refractivity contribution in [3.05, 3.63) is 29.8 Å². The standard InChI is InChI=1S/C19H26N2O3/c1-13(2)12-24-14-7-9-21(10-8-14)19(23)16-11-18(22)20-17-6-4-3-5-15(16)17/h3-6,13-14,16H,7-12H2,1-2H3,(H,20,22). The molecule has 1 N–H and O–H groups in total. The second-order valence-corrected chi connectivity index (χ2v) is 7.14. The molecule has 1 atom stereocenters. The van der Waals surface area contributed by atoms with Crippen molar-refractivity contribution in [3.63, 3.8) is 0 Å². The van der Waals surface area contributed by atoms with Crippen LogP contribution in [0.1, 0.15) is 44.6 Å². The van der Waals surface area contributed by atoms with Gasteiger partial charge in [0.15, 0.2) is 0 Å². The predicted molar refractivity (Wildman–Crippen MR) is 92.8 cm³/mol. The molecule has 5 nitrogen and oxygen atoms in total. The molecule has 1 fully saturated rings. The molecule has 1 aromatic carbocycles. The number of benzene rings is 1. The summed E-state index contributed by atoms with van der Waals surface area (Å²) in [6, 6.07) is 7.60. The summed E-state index contributed by atoms with van der Waals surface area (Å²) in [6.45, 7) is 6.48. The van der Waals surface area contributed by atoms with Crippen LogP contribution in [0, 0.1) is 5.92 Å². The molecule has 5 heteroatoms. The van der Waals surface area contributed by atoms with E-state index in [1.165, 1.54) is 0 Å². The molecule has 130 valence electrons. The Labute approximate surface area is 143 Å². The molecule has 0 spiro atoms. The molecule has 1 unspecified atom stereocenters. The quantitative estimate of drug-likeness (QED) is 0.923. The minimum atomic E-state index is -0.358. The largest absolute Gasteiger partial charge is 0.378 e. The van der Waals surface area contributed by atoms with E-state index in [9.17, 15) is 9.59 Å². The number of fused-ring (bicyclic) bond motifs is 1. The fourth-order valence-corrected chi connectivity index (χ4v) is 3.42. The zero-order valence-corrected chi connectivity index (χ0v) is 14.5. The zero-order valence-electron chi connectivity index (χ0n) is 14.5. The first kappa shape index (κ1) is 17.0. The van der Waals surface area contributed by atoms with E-state index < -0.39 is 0 Å². The van der Waals surface area contributed by atoms with Gasteiger partial charge in [-0.05, 0) is 30.4 Å². The zero-order chi connectivity index (χ0) is 17.1. The SMILES string of the molecule is CC(C)COC1CCN(C(=O)C2CC(=O)Nc3ccccc32)CC1. The van der Waals surface area contributed by atoms with Crippen molar-refractivity contribution in [1.82, 2.24) is 4.90 Å². The Morgan fingerprint density at radius 2 is 2.00 bits per heavy atom. The van der Waals surface area contributed by atoms with Crippen LogP contribution in [-0.4, -0.2) is 42.5 Å². The van der Waals surface area contributed by atoms with Gasteiger partial charge in [-0.15, -0.1) is 0 Å². The molecule has 2 amide bonds. The van der Waals surface area contributed by atoms with Crippen molar-refractivity contribution >= 4 is 17.5 Å². The van der Waals surface area contributed by atoms with Gasteiger partial charge in [0.2, 0.25) is 11.8 Å². The van der Waals surface area contributed by atoms with Gasteiger partial charge in [0.05, 0.1) is 12.0 Å². The molecule has 2 heterocycles. The van der Waals surface area contributed by atoms with Crippen LogP contribution in [0.2, 0.25) is 0 Å². The molecule has 0 saturated carbocycles. The van der Waals surface area contributed by atoms with Crippen LogP contribution < -0.4 is 5.32 Å². The third-order valence-electron chi connectivity index (χ3n) is 4.72. The second kappa shape index (κ2) is 7.34. The van der Waals surface area contributed by atoms with Crippen molar-refractivity contribution in [2.45, 2.75) is 45.1 Å². The monoisotopic (exact) mass is 330 g/mol. The van der Waals surface area contributed by atoms with Crippen molar-refractivity contribution in [2.24, 2.45) is 5.92 Å². The van der Waals surface area contributed by atoms with E-state index >= 15 is 0 Å². The Morgan fingerprint density at radius 3 is 2.71 bits per heavy atom. The first-order valence-electron chi connectivity index (χ1n) is 8.83. The van der Waals surface area contributed by atoms with Crippen molar-refractivity contribution in [2.75, 3.05) is 25.0 Å². The highest BCUT2D eigenvalue weighted by atomic mass is 16.5. The van der Waals surface area contributed by atoms with Gasteiger partial charge in [-0.1, -0.05) is 32.0 Å². The number of anilines is 1. The van der Waals surface area contributed by atoms with Crippen molar-refractivity contribution < 1.29 is 14.3 Å². The summed E-state index contributed by atoms with van der Waals surface area (Å²) in [5.41, 5.74) is 1.70. The van der Waals surface area contributed by atoms with Gasteiger partial charge < -0.3 is 15.0 Å². The van der Waals surface area contributed by atoms with Gasteiger partial charge in [-0.2, -0.15) is 0 Å². The summed E-state index contributed by atoms with van der Waals surface area (Å²) < 4.78 is 5.89. The van der Waals surface area contributed by atoms with Crippen LogP contribution in [0.3, 0.4) is 0 Å². The van der Waals surface area contributed by atoms with Crippen LogP contribution in [0.4, 0.5) is 5.69 Å². The minimum absolute atomic E-state index is 0.0691. The number of ether oxygens (including phenoxy) is 1. The summed E-state index contributed by atoms with van der Waals surface area (Å²) in [5, 5.41) is 2.85. The minimum Gasteiger partial charge on any atom is -0.378 e. The second-order valence-electron chi connectivity index (χ2n) is 7.14.